The van der Waals surface area contributed by atoms with E-state index in [1.54, 1.807) is 7.11 Å². The molecule has 134 valence electrons. The summed E-state index contributed by atoms with van der Waals surface area (Å²) in [6, 6.07) is 24.2. The van der Waals surface area contributed by atoms with Crippen LogP contribution in [0.4, 0.5) is 0 Å². The van der Waals surface area contributed by atoms with Gasteiger partial charge in [0.05, 0.1) is 13.2 Å². The van der Waals surface area contributed by atoms with Gasteiger partial charge >= 0.3 is 0 Å². The maximum atomic E-state index is 5.37. The van der Waals surface area contributed by atoms with Gasteiger partial charge in [0.25, 0.3) is 0 Å². The molecule has 4 rings (SSSR count). The Hall–Kier alpha value is -2.36. The Bertz CT molecular complexity index is 846. The van der Waals surface area contributed by atoms with Crippen LogP contribution in [-0.4, -0.2) is 38.2 Å². The molecule has 1 saturated heterocycles. The van der Waals surface area contributed by atoms with E-state index in [1.807, 2.05) is 0 Å². The van der Waals surface area contributed by atoms with E-state index in [0.29, 0.717) is 0 Å². The van der Waals surface area contributed by atoms with E-state index in [9.17, 15) is 0 Å². The summed E-state index contributed by atoms with van der Waals surface area (Å²) in [5.74, 6) is 0.906. The van der Waals surface area contributed by atoms with Crippen LogP contribution in [0.3, 0.4) is 0 Å². The summed E-state index contributed by atoms with van der Waals surface area (Å²) in [5.41, 5.74) is 2.71. The second-order valence-corrected chi connectivity index (χ2v) is 6.88. The number of nitrogens with zero attached hydrogens (tertiary/aromatic N) is 1. The molecule has 3 aromatic carbocycles. The van der Waals surface area contributed by atoms with Gasteiger partial charge in [-0.2, -0.15) is 0 Å². The Balaban J connectivity index is 1.83. The van der Waals surface area contributed by atoms with Crippen LogP contribution in [-0.2, 0) is 0 Å². The van der Waals surface area contributed by atoms with Crippen molar-refractivity contribution in [1.82, 2.24) is 10.2 Å². The molecule has 26 heavy (non-hydrogen) atoms. The third-order valence-corrected chi connectivity index (χ3v) is 5.29. The molecule has 0 saturated carbocycles. The SMILES string of the molecule is COc1ccc(C(c2cccc3ccccc23)N2CCCNCC2)cc1. The normalized spacial score (nSPS) is 17.0. The first-order chi connectivity index (χ1) is 12.9. The minimum absolute atomic E-state index is 0.256. The average Bonchev–Trinajstić information content (AvgIpc) is 2.98. The number of fused-ring (bicyclic) bond motifs is 1. The summed E-state index contributed by atoms with van der Waals surface area (Å²) in [4.78, 5) is 2.61. The number of hydrogen-bond acceptors (Lipinski definition) is 3. The average molecular weight is 346 g/mol. The van der Waals surface area contributed by atoms with Crippen molar-refractivity contribution in [3.8, 4) is 5.75 Å². The minimum atomic E-state index is 0.256. The zero-order chi connectivity index (χ0) is 17.8. The molecule has 1 aliphatic rings. The molecule has 1 N–H and O–H groups in total. The maximum Gasteiger partial charge on any atom is 0.118 e. The number of methoxy groups -OCH3 is 1. The molecule has 0 aliphatic carbocycles. The van der Waals surface area contributed by atoms with Gasteiger partial charge < -0.3 is 10.1 Å². The molecular weight excluding hydrogens is 320 g/mol. The van der Waals surface area contributed by atoms with Crippen LogP contribution in [0.25, 0.3) is 10.8 Å². The summed E-state index contributed by atoms with van der Waals surface area (Å²) < 4.78 is 5.37. The molecule has 0 bridgehead atoms. The molecule has 3 heteroatoms. The van der Waals surface area contributed by atoms with E-state index >= 15 is 0 Å². The Morgan fingerprint density at radius 1 is 0.885 bits per heavy atom. The quantitative estimate of drug-likeness (QED) is 0.765. The fourth-order valence-electron chi connectivity index (χ4n) is 3.99. The zero-order valence-electron chi connectivity index (χ0n) is 15.3. The molecule has 0 spiro atoms. The van der Waals surface area contributed by atoms with Crippen molar-refractivity contribution in [3.05, 3.63) is 77.9 Å². The minimum Gasteiger partial charge on any atom is -0.497 e. The van der Waals surface area contributed by atoms with Crippen LogP contribution in [0.5, 0.6) is 5.75 Å². The summed E-state index contributed by atoms with van der Waals surface area (Å²) in [6.07, 6.45) is 1.18. The van der Waals surface area contributed by atoms with Crippen LogP contribution in [0.1, 0.15) is 23.6 Å². The van der Waals surface area contributed by atoms with Gasteiger partial charge in [-0.15, -0.1) is 0 Å². The standard InChI is InChI=1S/C23H26N2O/c1-26-20-12-10-19(11-13-20)23(25-16-5-14-24-15-17-25)22-9-4-7-18-6-2-3-8-21(18)22/h2-4,6-13,23-24H,5,14-17H2,1H3. The molecule has 1 fully saturated rings. The zero-order valence-corrected chi connectivity index (χ0v) is 15.3. The van der Waals surface area contributed by atoms with Gasteiger partial charge in [-0.1, -0.05) is 54.6 Å². The van der Waals surface area contributed by atoms with Gasteiger partial charge in [-0.25, -0.2) is 0 Å². The van der Waals surface area contributed by atoms with Gasteiger partial charge in [0.2, 0.25) is 0 Å². The fourth-order valence-corrected chi connectivity index (χ4v) is 3.99. The first-order valence-corrected chi connectivity index (χ1v) is 9.43. The summed E-state index contributed by atoms with van der Waals surface area (Å²) in [6.45, 7) is 4.30. The highest BCUT2D eigenvalue weighted by Crippen LogP contribution is 2.34. The highest BCUT2D eigenvalue weighted by molar-refractivity contribution is 5.86. The van der Waals surface area contributed by atoms with E-state index < -0.39 is 0 Å². The van der Waals surface area contributed by atoms with E-state index in [0.717, 1.165) is 31.9 Å². The number of rotatable bonds is 4. The van der Waals surface area contributed by atoms with Gasteiger partial charge in [0, 0.05) is 19.6 Å². The highest BCUT2D eigenvalue weighted by Gasteiger charge is 2.24. The number of hydrogen-bond donors (Lipinski definition) is 1. The van der Waals surface area contributed by atoms with Crippen LogP contribution in [0, 0.1) is 0 Å². The lowest BCUT2D eigenvalue weighted by molar-refractivity contribution is 0.242. The summed E-state index contributed by atoms with van der Waals surface area (Å²) >= 11 is 0. The monoisotopic (exact) mass is 346 g/mol. The third kappa shape index (κ3) is 3.46. The first-order valence-electron chi connectivity index (χ1n) is 9.43. The molecule has 1 unspecified atom stereocenters. The van der Waals surface area contributed by atoms with Crippen molar-refractivity contribution in [2.45, 2.75) is 12.5 Å². The molecule has 3 nitrogen and oxygen atoms in total. The molecule has 1 atom stereocenters. The largest absolute Gasteiger partial charge is 0.497 e. The molecule has 0 radical (unpaired) electrons. The van der Waals surface area contributed by atoms with Crippen molar-refractivity contribution < 1.29 is 4.74 Å². The highest BCUT2D eigenvalue weighted by atomic mass is 16.5. The summed E-state index contributed by atoms with van der Waals surface area (Å²) in [5, 5.41) is 6.17. The van der Waals surface area contributed by atoms with Crippen molar-refractivity contribution in [2.24, 2.45) is 0 Å². The molecule has 0 amide bonds. The second-order valence-electron chi connectivity index (χ2n) is 6.88. The van der Waals surface area contributed by atoms with Crippen molar-refractivity contribution in [2.75, 3.05) is 33.3 Å². The predicted octanol–water partition coefficient (Wildman–Crippen LogP) is 4.23. The lowest BCUT2D eigenvalue weighted by Gasteiger charge is -2.32. The Morgan fingerprint density at radius 2 is 1.69 bits per heavy atom. The maximum absolute atomic E-state index is 5.37. The van der Waals surface area contributed by atoms with Crippen LogP contribution < -0.4 is 10.1 Å². The topological polar surface area (TPSA) is 24.5 Å². The predicted molar refractivity (Wildman–Crippen MR) is 108 cm³/mol. The van der Waals surface area contributed by atoms with E-state index in [1.165, 1.54) is 28.3 Å². The van der Waals surface area contributed by atoms with Crippen molar-refractivity contribution in [1.29, 1.82) is 0 Å². The number of nitrogens with one attached hydrogen (secondary N) is 1. The van der Waals surface area contributed by atoms with Gasteiger partial charge in [0.15, 0.2) is 0 Å². The second kappa shape index (κ2) is 7.90. The smallest absolute Gasteiger partial charge is 0.118 e. The summed E-state index contributed by atoms with van der Waals surface area (Å²) in [7, 11) is 1.72. The number of ether oxygens (including phenoxy) is 1. The van der Waals surface area contributed by atoms with E-state index in [-0.39, 0.29) is 6.04 Å². The lowest BCUT2D eigenvalue weighted by Crippen LogP contribution is -2.33. The fraction of sp³-hybridized carbons (Fsp3) is 0.304. The van der Waals surface area contributed by atoms with Crippen LogP contribution in [0.2, 0.25) is 0 Å². The van der Waals surface area contributed by atoms with Gasteiger partial charge in [-0.3, -0.25) is 4.90 Å². The molecule has 0 aromatic heterocycles. The Morgan fingerprint density at radius 3 is 2.54 bits per heavy atom. The lowest BCUT2D eigenvalue weighted by atomic mass is 9.92. The van der Waals surface area contributed by atoms with Crippen molar-refractivity contribution in [3.63, 3.8) is 0 Å². The Kier molecular flexibility index (Phi) is 5.19. The van der Waals surface area contributed by atoms with Gasteiger partial charge in [-0.05, 0) is 47.0 Å². The van der Waals surface area contributed by atoms with E-state index in [2.05, 4.69) is 76.9 Å². The van der Waals surface area contributed by atoms with Crippen molar-refractivity contribution >= 4 is 10.8 Å². The number of benzene rings is 3. The third-order valence-electron chi connectivity index (χ3n) is 5.29. The first kappa shape index (κ1) is 17.1. The van der Waals surface area contributed by atoms with Gasteiger partial charge in [0.1, 0.15) is 5.75 Å². The Labute approximate surface area is 155 Å². The molecule has 1 heterocycles. The van der Waals surface area contributed by atoms with Crippen LogP contribution >= 0.6 is 0 Å². The molecule has 1 aliphatic heterocycles. The molecular formula is C23H26N2O. The van der Waals surface area contributed by atoms with E-state index in [4.69, 9.17) is 4.74 Å². The molecule has 3 aromatic rings. The van der Waals surface area contributed by atoms with Crippen LogP contribution in [0.15, 0.2) is 66.7 Å².